The maximum atomic E-state index is 11.8. The van der Waals surface area contributed by atoms with Crippen LogP contribution in [-0.4, -0.2) is 51.2 Å². The molecule has 6 nitrogen and oxygen atoms in total. The number of nitrogens with two attached hydrogens (primary N) is 1. The number of nitrogens with zero attached hydrogens (tertiary/aromatic N) is 1. The second-order valence-corrected chi connectivity index (χ2v) is 6.49. The van der Waals surface area contributed by atoms with Crippen molar-refractivity contribution in [3.63, 3.8) is 0 Å². The van der Waals surface area contributed by atoms with Gasteiger partial charge in [-0.1, -0.05) is 0 Å². The lowest BCUT2D eigenvalue weighted by atomic mass is 9.92. The van der Waals surface area contributed by atoms with Gasteiger partial charge < -0.3 is 10.6 Å². The molecule has 1 aliphatic heterocycles. The predicted octanol–water partition coefficient (Wildman–Crippen LogP) is -0.879. The van der Waals surface area contributed by atoms with Gasteiger partial charge in [-0.2, -0.15) is 0 Å². The summed E-state index contributed by atoms with van der Waals surface area (Å²) < 4.78 is 24.7. The van der Waals surface area contributed by atoms with Crippen molar-refractivity contribution in [1.82, 2.24) is 9.62 Å². The van der Waals surface area contributed by atoms with Crippen LogP contribution in [0.2, 0.25) is 0 Å². The summed E-state index contributed by atoms with van der Waals surface area (Å²) in [4.78, 5) is 13.4. The van der Waals surface area contributed by atoms with Gasteiger partial charge in [0, 0.05) is 19.1 Å². The average molecular weight is 263 g/mol. The Balaban J connectivity index is 2.58. The zero-order valence-electron chi connectivity index (χ0n) is 10.3. The predicted molar refractivity (Wildman–Crippen MR) is 65.8 cm³/mol. The molecule has 0 aromatic heterocycles. The highest BCUT2D eigenvalue weighted by Crippen LogP contribution is 2.18. The molecule has 1 heterocycles. The van der Waals surface area contributed by atoms with E-state index in [1.807, 2.05) is 6.92 Å². The minimum absolute atomic E-state index is 0.0338. The van der Waals surface area contributed by atoms with Crippen LogP contribution in [0.25, 0.3) is 0 Å². The number of likely N-dealkylation sites (tertiary alicyclic amines) is 1. The standard InChI is InChI=1S/C10H21N3O3S/c1-8(11)9-4-3-5-13(6-9)10(14)7-17(15,16)12-2/h8-9,12H,3-7,11H2,1-2H3/t8-,9+/m1/s1. The van der Waals surface area contributed by atoms with E-state index in [2.05, 4.69) is 4.72 Å². The fourth-order valence-corrected chi connectivity index (χ4v) is 2.64. The van der Waals surface area contributed by atoms with Crippen LogP contribution in [0.1, 0.15) is 19.8 Å². The minimum atomic E-state index is -3.48. The number of piperidine rings is 1. The zero-order valence-corrected chi connectivity index (χ0v) is 11.2. The van der Waals surface area contributed by atoms with Gasteiger partial charge in [0.05, 0.1) is 0 Å². The Morgan fingerprint density at radius 1 is 1.59 bits per heavy atom. The third-order valence-electron chi connectivity index (χ3n) is 3.18. The van der Waals surface area contributed by atoms with Gasteiger partial charge in [0.25, 0.3) is 0 Å². The summed E-state index contributed by atoms with van der Waals surface area (Å²) in [7, 11) is -2.17. The smallest absolute Gasteiger partial charge is 0.239 e. The lowest BCUT2D eigenvalue weighted by Crippen LogP contribution is -2.47. The molecule has 3 N–H and O–H groups in total. The van der Waals surface area contributed by atoms with Crippen LogP contribution in [0.4, 0.5) is 0 Å². The van der Waals surface area contributed by atoms with Gasteiger partial charge >= 0.3 is 0 Å². The first-order chi connectivity index (χ1) is 7.85. The molecule has 0 bridgehead atoms. The number of rotatable bonds is 4. The Labute approximate surface area is 103 Å². The van der Waals surface area contributed by atoms with Crippen molar-refractivity contribution in [2.24, 2.45) is 11.7 Å². The van der Waals surface area contributed by atoms with Gasteiger partial charge in [0.15, 0.2) is 0 Å². The molecule has 0 aromatic carbocycles. The van der Waals surface area contributed by atoms with E-state index in [0.29, 0.717) is 13.1 Å². The minimum Gasteiger partial charge on any atom is -0.341 e. The van der Waals surface area contributed by atoms with Crippen LogP contribution in [0, 0.1) is 5.92 Å². The topological polar surface area (TPSA) is 92.5 Å². The lowest BCUT2D eigenvalue weighted by Gasteiger charge is -2.34. The summed E-state index contributed by atoms with van der Waals surface area (Å²) in [5.74, 6) is -0.551. The number of carbonyl (C=O) groups excluding carboxylic acids is 1. The molecule has 1 aliphatic rings. The molecule has 1 rings (SSSR count). The molecule has 2 atom stereocenters. The number of hydrogen-bond donors (Lipinski definition) is 2. The summed E-state index contributed by atoms with van der Waals surface area (Å²) >= 11 is 0. The molecule has 100 valence electrons. The van der Waals surface area contributed by atoms with E-state index in [4.69, 9.17) is 5.73 Å². The molecule has 0 radical (unpaired) electrons. The highest BCUT2D eigenvalue weighted by molar-refractivity contribution is 7.90. The molecular weight excluding hydrogens is 242 g/mol. The van der Waals surface area contributed by atoms with E-state index in [-0.39, 0.29) is 17.9 Å². The molecule has 0 aromatic rings. The van der Waals surface area contributed by atoms with Gasteiger partial charge in [0.2, 0.25) is 15.9 Å². The van der Waals surface area contributed by atoms with E-state index in [9.17, 15) is 13.2 Å². The van der Waals surface area contributed by atoms with Crippen molar-refractivity contribution in [3.8, 4) is 0 Å². The van der Waals surface area contributed by atoms with Crippen molar-refractivity contribution < 1.29 is 13.2 Å². The SMILES string of the molecule is CNS(=O)(=O)CC(=O)N1CCC[C@H]([C@@H](C)N)C1. The highest BCUT2D eigenvalue weighted by atomic mass is 32.2. The molecule has 1 amide bonds. The van der Waals surface area contributed by atoms with Crippen LogP contribution in [-0.2, 0) is 14.8 Å². The van der Waals surface area contributed by atoms with E-state index in [1.54, 1.807) is 4.90 Å². The van der Waals surface area contributed by atoms with Gasteiger partial charge in [0.1, 0.15) is 5.75 Å². The summed E-state index contributed by atoms with van der Waals surface area (Å²) in [6, 6.07) is 0.0338. The monoisotopic (exact) mass is 263 g/mol. The molecule has 17 heavy (non-hydrogen) atoms. The third-order valence-corrected chi connectivity index (χ3v) is 4.43. The molecular formula is C10H21N3O3S. The first-order valence-electron chi connectivity index (χ1n) is 5.80. The molecule has 0 unspecified atom stereocenters. The second-order valence-electron chi connectivity index (χ2n) is 4.56. The largest absolute Gasteiger partial charge is 0.341 e. The maximum Gasteiger partial charge on any atom is 0.239 e. The number of nitrogens with one attached hydrogen (secondary N) is 1. The lowest BCUT2D eigenvalue weighted by molar-refractivity contribution is -0.130. The van der Waals surface area contributed by atoms with E-state index < -0.39 is 15.8 Å². The van der Waals surface area contributed by atoms with Gasteiger partial charge in [-0.3, -0.25) is 4.79 Å². The first kappa shape index (κ1) is 14.4. The Hall–Kier alpha value is -0.660. The molecule has 0 spiro atoms. The molecule has 0 aliphatic carbocycles. The summed E-state index contributed by atoms with van der Waals surface area (Å²) in [5, 5.41) is 0. The number of sulfonamides is 1. The van der Waals surface area contributed by atoms with Gasteiger partial charge in [-0.15, -0.1) is 0 Å². The van der Waals surface area contributed by atoms with Crippen LogP contribution in [0.3, 0.4) is 0 Å². The van der Waals surface area contributed by atoms with Crippen LogP contribution in [0.15, 0.2) is 0 Å². The fraction of sp³-hybridized carbons (Fsp3) is 0.900. The number of carbonyl (C=O) groups is 1. The first-order valence-corrected chi connectivity index (χ1v) is 7.45. The summed E-state index contributed by atoms with van der Waals surface area (Å²) in [6.07, 6.45) is 1.89. The average Bonchev–Trinajstić information content (AvgIpc) is 2.28. The van der Waals surface area contributed by atoms with Crippen molar-refractivity contribution in [1.29, 1.82) is 0 Å². The van der Waals surface area contributed by atoms with Crippen molar-refractivity contribution in [2.75, 3.05) is 25.9 Å². The maximum absolute atomic E-state index is 11.8. The highest BCUT2D eigenvalue weighted by Gasteiger charge is 2.27. The Kier molecular flexibility index (Phi) is 4.91. The molecule has 1 saturated heterocycles. The quantitative estimate of drug-likeness (QED) is 0.689. The van der Waals surface area contributed by atoms with Crippen LogP contribution < -0.4 is 10.5 Å². The second kappa shape index (κ2) is 5.79. The fourth-order valence-electron chi connectivity index (χ4n) is 1.99. The van der Waals surface area contributed by atoms with E-state index in [1.165, 1.54) is 7.05 Å². The zero-order chi connectivity index (χ0) is 13.1. The van der Waals surface area contributed by atoms with E-state index in [0.717, 1.165) is 12.8 Å². The summed E-state index contributed by atoms with van der Waals surface area (Å²) in [5.41, 5.74) is 5.81. The van der Waals surface area contributed by atoms with Crippen molar-refractivity contribution in [3.05, 3.63) is 0 Å². The Bertz CT molecular complexity index is 367. The Morgan fingerprint density at radius 3 is 2.76 bits per heavy atom. The normalized spacial score (nSPS) is 23.5. The molecule has 0 saturated carbocycles. The summed E-state index contributed by atoms with van der Waals surface area (Å²) in [6.45, 7) is 3.11. The van der Waals surface area contributed by atoms with Crippen LogP contribution in [0.5, 0.6) is 0 Å². The van der Waals surface area contributed by atoms with E-state index >= 15 is 0 Å². The molecule has 1 fully saturated rings. The van der Waals surface area contributed by atoms with Crippen molar-refractivity contribution >= 4 is 15.9 Å². The van der Waals surface area contributed by atoms with Gasteiger partial charge in [-0.05, 0) is 32.7 Å². The van der Waals surface area contributed by atoms with Crippen molar-refractivity contribution in [2.45, 2.75) is 25.8 Å². The number of amides is 1. The number of hydrogen-bond acceptors (Lipinski definition) is 4. The Morgan fingerprint density at radius 2 is 2.24 bits per heavy atom. The van der Waals surface area contributed by atoms with Crippen LogP contribution >= 0.6 is 0 Å². The van der Waals surface area contributed by atoms with Gasteiger partial charge in [-0.25, -0.2) is 13.1 Å². The molecule has 7 heteroatoms. The third kappa shape index (κ3) is 4.25.